The highest BCUT2D eigenvalue weighted by Crippen LogP contribution is 1.77. The van der Waals surface area contributed by atoms with E-state index in [1.165, 1.54) is 9.82 Å². The van der Waals surface area contributed by atoms with Crippen molar-refractivity contribution < 1.29 is 29.6 Å². The minimum atomic E-state index is 0.688. The summed E-state index contributed by atoms with van der Waals surface area (Å²) < 4.78 is 21.8. The zero-order chi connectivity index (χ0) is 18.1. The molecule has 0 bridgehead atoms. The van der Waals surface area contributed by atoms with E-state index < -0.39 is 0 Å². The van der Waals surface area contributed by atoms with Crippen LogP contribution in [0.1, 0.15) is 0 Å². The van der Waals surface area contributed by atoms with Crippen LogP contribution in [-0.2, 0) is 18.9 Å². The van der Waals surface area contributed by atoms with Crippen LogP contribution in [0.2, 0.25) is 0 Å². The molecule has 0 amide bonds. The minimum absolute atomic E-state index is 0.688. The highest BCUT2D eigenvalue weighted by atomic mass is 16.5. The Kier molecular flexibility index (Phi) is 27.0. The number of hydrogen-bond acceptors (Lipinski definition) is 4. The maximum absolute atomic E-state index is 6.75. The molecule has 4 N–H and O–H groups in total. The van der Waals surface area contributed by atoms with E-state index in [0.29, 0.717) is 26.4 Å². The van der Waals surface area contributed by atoms with Gasteiger partial charge >= 0.3 is 0 Å². The van der Waals surface area contributed by atoms with Gasteiger partial charge < -0.3 is 51.7 Å². The van der Waals surface area contributed by atoms with Gasteiger partial charge in [-0.25, -0.2) is 0 Å². The number of hydrogen-bond donors (Lipinski definition) is 2. The van der Waals surface area contributed by atoms with Gasteiger partial charge in [-0.3, -0.25) is 9.82 Å². The molecule has 0 unspecified atom stereocenters. The largest absolute Gasteiger partial charge is 0.373 e. The lowest BCUT2D eigenvalue weighted by Crippen LogP contribution is -2.86. The molecule has 140 valence electrons. The fourth-order valence-electron chi connectivity index (χ4n) is 1.60. The van der Waals surface area contributed by atoms with Crippen molar-refractivity contribution in [2.75, 3.05) is 79.0 Å². The van der Waals surface area contributed by atoms with E-state index in [1.807, 2.05) is 0 Å². The summed E-state index contributed by atoms with van der Waals surface area (Å²) in [6.45, 7) is 9.78. The average molecular weight is 348 g/mol. The second-order valence-electron chi connectivity index (χ2n) is 4.36. The maximum atomic E-state index is 6.75. The Labute approximate surface area is 141 Å². The van der Waals surface area contributed by atoms with Crippen LogP contribution in [0.4, 0.5) is 0 Å². The van der Waals surface area contributed by atoms with Crippen molar-refractivity contribution in [2.24, 2.45) is 0 Å². The van der Waals surface area contributed by atoms with Gasteiger partial charge in [0.25, 0.3) is 0 Å². The lowest BCUT2D eigenvalue weighted by atomic mass is 10.6. The number of nitrogens with two attached hydrogens (primary N) is 2. The molecule has 0 spiro atoms. The lowest BCUT2D eigenvalue weighted by molar-refractivity contribution is -0.659. The molecule has 1 aliphatic heterocycles. The lowest BCUT2D eigenvalue weighted by Gasteiger charge is -2.08. The molecule has 1 rings (SSSR count). The third kappa shape index (κ3) is 28.5. The zero-order valence-corrected chi connectivity index (χ0v) is 14.0. The zero-order valence-electron chi connectivity index (χ0n) is 14.0. The van der Waals surface area contributed by atoms with Crippen LogP contribution in [0.5, 0.6) is 0 Å². The van der Waals surface area contributed by atoms with E-state index in [-0.39, 0.29) is 0 Å². The van der Waals surface area contributed by atoms with Crippen molar-refractivity contribution >= 4 is 0 Å². The summed E-state index contributed by atoms with van der Waals surface area (Å²) in [6.07, 6.45) is 0. The quantitative estimate of drug-likeness (QED) is 0.320. The molecule has 0 aliphatic carbocycles. The highest BCUT2D eigenvalue weighted by Gasteiger charge is 1.97. The van der Waals surface area contributed by atoms with Crippen LogP contribution < -0.4 is 10.6 Å². The van der Waals surface area contributed by atoms with E-state index in [9.17, 15) is 0 Å². The highest BCUT2D eigenvalue weighted by molar-refractivity contribution is 4.37. The van der Waals surface area contributed by atoms with E-state index >= 15 is 0 Å². The molecule has 1 heterocycles. The molecule has 24 heavy (non-hydrogen) atoms. The van der Waals surface area contributed by atoms with Crippen molar-refractivity contribution in [2.45, 2.75) is 0 Å². The standard InChI is InChI=1S/C12H26N2O4.2N3/c1-5-15-9-10-17-7-3-14-4-8-18-12-11-16-6-2-13-1;2*1-3-2/h13-14H,1-12H2;;/q;2*-1/p+2. The average Bonchev–Trinajstić information content (AvgIpc) is 2.56. The third-order valence-electron chi connectivity index (χ3n) is 2.61. The van der Waals surface area contributed by atoms with Crippen molar-refractivity contribution in [3.05, 3.63) is 31.9 Å². The van der Waals surface area contributed by atoms with Crippen LogP contribution in [0.3, 0.4) is 0 Å². The molecular weight excluding hydrogens is 320 g/mol. The molecule has 12 heteroatoms. The van der Waals surface area contributed by atoms with Crippen LogP contribution in [0.15, 0.2) is 0 Å². The van der Waals surface area contributed by atoms with Crippen molar-refractivity contribution in [1.29, 1.82) is 0 Å². The van der Waals surface area contributed by atoms with Crippen LogP contribution in [-0.4, -0.2) is 79.0 Å². The van der Waals surface area contributed by atoms with Gasteiger partial charge in [0, 0.05) is 0 Å². The van der Waals surface area contributed by atoms with Gasteiger partial charge in [-0.2, -0.15) is 0 Å². The van der Waals surface area contributed by atoms with Crippen LogP contribution in [0, 0.1) is 0 Å². The molecular formula is C12H28N8O4. The fourth-order valence-corrected chi connectivity index (χ4v) is 1.60. The summed E-state index contributed by atoms with van der Waals surface area (Å²) in [4.78, 5) is 3.00. The molecule has 0 atom stereocenters. The first-order chi connectivity index (χ1) is 11.8. The predicted octanol–water partition coefficient (Wildman–Crippen LogP) is -1.07. The van der Waals surface area contributed by atoms with E-state index in [4.69, 9.17) is 41.1 Å². The first-order valence-corrected chi connectivity index (χ1v) is 7.74. The summed E-state index contributed by atoms with van der Waals surface area (Å²) in [5, 5.41) is 4.42. The molecule has 0 saturated carbocycles. The van der Waals surface area contributed by atoms with Gasteiger partial charge in [0.15, 0.2) is 0 Å². The Morgan fingerprint density at radius 1 is 0.458 bits per heavy atom. The summed E-state index contributed by atoms with van der Waals surface area (Å²) in [5.74, 6) is 0. The third-order valence-corrected chi connectivity index (χ3v) is 2.61. The summed E-state index contributed by atoms with van der Waals surface area (Å²) in [7, 11) is 0. The van der Waals surface area contributed by atoms with E-state index in [2.05, 4.69) is 10.6 Å². The number of ether oxygens (including phenoxy) is 4. The molecule has 0 aromatic carbocycles. The minimum Gasteiger partial charge on any atom is -0.373 e. The molecule has 0 aromatic rings. The normalized spacial score (nSPS) is 18.7. The summed E-state index contributed by atoms with van der Waals surface area (Å²) in [5.41, 5.74) is 27.0. The maximum Gasteiger partial charge on any atom is 0.0993 e. The van der Waals surface area contributed by atoms with Crippen molar-refractivity contribution in [1.82, 2.24) is 0 Å². The van der Waals surface area contributed by atoms with Gasteiger partial charge in [-0.05, 0) is 0 Å². The Morgan fingerprint density at radius 2 is 0.667 bits per heavy atom. The molecule has 1 fully saturated rings. The van der Waals surface area contributed by atoms with Gasteiger partial charge in [0.1, 0.15) is 0 Å². The Bertz CT molecular complexity index is 222. The first kappa shape index (κ1) is 24.6. The Balaban J connectivity index is 0. The van der Waals surface area contributed by atoms with Crippen molar-refractivity contribution in [3.8, 4) is 0 Å². The Morgan fingerprint density at radius 3 is 0.875 bits per heavy atom. The second-order valence-corrected chi connectivity index (χ2v) is 4.36. The molecule has 1 aliphatic rings. The summed E-state index contributed by atoms with van der Waals surface area (Å²) >= 11 is 0. The van der Waals surface area contributed by atoms with Gasteiger partial charge in [-0.15, -0.1) is 0 Å². The monoisotopic (exact) mass is 348 g/mol. The SMILES string of the molecule is C1COCCOCC[NH2+]CCOCCOCC[NH2+]1.[N-]=[N+]=[N-].[N-]=[N+]=[N-]. The number of rotatable bonds is 0. The van der Waals surface area contributed by atoms with E-state index in [0.717, 1.165) is 52.6 Å². The molecule has 1 saturated heterocycles. The first-order valence-electron chi connectivity index (χ1n) is 7.74. The van der Waals surface area contributed by atoms with E-state index in [1.54, 1.807) is 0 Å². The predicted molar refractivity (Wildman–Crippen MR) is 86.7 cm³/mol. The molecule has 0 radical (unpaired) electrons. The van der Waals surface area contributed by atoms with Gasteiger partial charge in [0.05, 0.1) is 79.0 Å². The Hall–Kier alpha value is -1.62. The van der Waals surface area contributed by atoms with Crippen LogP contribution >= 0.6 is 0 Å². The second kappa shape index (κ2) is 26.3. The van der Waals surface area contributed by atoms with Gasteiger partial charge in [0.2, 0.25) is 0 Å². The van der Waals surface area contributed by atoms with Crippen molar-refractivity contribution in [3.63, 3.8) is 0 Å². The topological polar surface area (TPSA) is 188 Å². The fraction of sp³-hybridized carbons (Fsp3) is 1.00. The van der Waals surface area contributed by atoms with Gasteiger partial charge in [-0.1, -0.05) is 0 Å². The van der Waals surface area contributed by atoms with Crippen LogP contribution in [0.25, 0.3) is 31.9 Å². The summed E-state index contributed by atoms with van der Waals surface area (Å²) in [6, 6.07) is 0. The molecule has 12 nitrogen and oxygen atoms in total. The molecule has 0 aromatic heterocycles. The number of nitrogens with zero attached hydrogens (tertiary/aromatic N) is 6. The number of quaternary nitrogens is 2. The smallest absolute Gasteiger partial charge is 0.0993 e.